The molecule has 0 aromatic heterocycles. The van der Waals surface area contributed by atoms with E-state index in [1.165, 1.54) is 28.4 Å². The van der Waals surface area contributed by atoms with E-state index < -0.39 is 10.8 Å². The van der Waals surface area contributed by atoms with E-state index in [1.807, 2.05) is 0 Å². The highest BCUT2D eigenvalue weighted by molar-refractivity contribution is 8.39. The summed E-state index contributed by atoms with van der Waals surface area (Å²) >= 11 is 0. The van der Waals surface area contributed by atoms with E-state index in [-0.39, 0.29) is 0 Å². The van der Waals surface area contributed by atoms with Crippen molar-refractivity contribution in [3.8, 4) is 0 Å². The molecule has 2 heterocycles. The molecule has 0 fully saturated rings. The highest BCUT2D eigenvalue weighted by Gasteiger charge is 2.61. The number of nitrogens with zero attached hydrogens (tertiary/aromatic N) is 4. The lowest BCUT2D eigenvalue weighted by Gasteiger charge is -2.57. The fourth-order valence-electron chi connectivity index (χ4n) is 6.20. The standard InChI is InChI=1S/C36H30N4S/c1-5-17-29(18-6-1)37-33-25-13-14-26-34(33)38(30-19-7-2-8-20-30)41(37)39(31-21-9-3-10-22-31)35-27-15-16-28-36(35)40(41)32-23-11-4-12-24-32/h1-3,5-11,13-28H,4,12H2. The maximum absolute atomic E-state index is 2.63. The minimum atomic E-state index is -2.25. The summed E-state index contributed by atoms with van der Waals surface area (Å²) in [6, 6.07) is 50.4. The predicted molar refractivity (Wildman–Crippen MR) is 175 cm³/mol. The number of allylic oxidation sites excluding steroid dienone is 3. The summed E-state index contributed by atoms with van der Waals surface area (Å²) in [6.45, 7) is 0. The summed E-state index contributed by atoms with van der Waals surface area (Å²) in [5.74, 6) is 0. The Morgan fingerprint density at radius 3 is 1.12 bits per heavy atom. The molecular weight excluding hydrogens is 520 g/mol. The first-order valence-electron chi connectivity index (χ1n) is 14.1. The first-order chi connectivity index (χ1) is 20.4. The number of hydrogen-bond donors (Lipinski definition) is 0. The Morgan fingerprint density at radius 1 is 0.390 bits per heavy atom. The summed E-state index contributed by atoms with van der Waals surface area (Å²) in [4.78, 5) is 0. The zero-order chi connectivity index (χ0) is 27.2. The Morgan fingerprint density at radius 2 is 0.756 bits per heavy atom. The number of benzene rings is 5. The molecule has 5 aromatic rings. The monoisotopic (exact) mass is 550 g/mol. The van der Waals surface area contributed by atoms with Gasteiger partial charge in [0.15, 0.2) is 0 Å². The second-order valence-electron chi connectivity index (χ2n) is 10.3. The second-order valence-corrected chi connectivity index (χ2v) is 12.7. The quantitative estimate of drug-likeness (QED) is 0.221. The van der Waals surface area contributed by atoms with Crippen molar-refractivity contribution < 1.29 is 0 Å². The average Bonchev–Trinajstić information content (AvgIpc) is 3.51. The molecule has 0 N–H and O–H groups in total. The predicted octanol–water partition coefficient (Wildman–Crippen LogP) is 10.3. The van der Waals surface area contributed by atoms with Crippen LogP contribution in [0.3, 0.4) is 0 Å². The van der Waals surface area contributed by atoms with Crippen LogP contribution in [0.4, 0.5) is 39.8 Å². The topological polar surface area (TPSA) is 13.0 Å². The SMILES string of the molecule is C1=CC(N2c3ccccc3N(c3ccccc3)S23N(c2ccccc2)c2ccccc2N3c2ccccc2)=CCC1. The highest BCUT2D eigenvalue weighted by atomic mass is 32.3. The van der Waals surface area contributed by atoms with Crippen molar-refractivity contribution in [2.24, 2.45) is 0 Å². The molecule has 0 bridgehead atoms. The van der Waals surface area contributed by atoms with Gasteiger partial charge >= 0.3 is 0 Å². The molecule has 5 heteroatoms. The molecule has 4 nitrogen and oxygen atoms in total. The van der Waals surface area contributed by atoms with Crippen LogP contribution in [0.1, 0.15) is 12.8 Å². The molecule has 5 aromatic carbocycles. The van der Waals surface area contributed by atoms with E-state index >= 15 is 0 Å². The van der Waals surface area contributed by atoms with Crippen LogP contribution in [0.25, 0.3) is 0 Å². The number of para-hydroxylation sites is 7. The zero-order valence-electron chi connectivity index (χ0n) is 22.6. The molecule has 1 aliphatic carbocycles. The van der Waals surface area contributed by atoms with E-state index in [4.69, 9.17) is 0 Å². The fraction of sp³-hybridized carbons (Fsp3) is 0.0556. The molecule has 1 spiro atoms. The number of rotatable bonds is 4. The third kappa shape index (κ3) is 3.49. The van der Waals surface area contributed by atoms with E-state index in [0.29, 0.717) is 0 Å². The van der Waals surface area contributed by atoms with Gasteiger partial charge in [0.2, 0.25) is 0 Å². The van der Waals surface area contributed by atoms with Gasteiger partial charge in [-0.2, -0.15) is 0 Å². The van der Waals surface area contributed by atoms with Crippen molar-refractivity contribution in [1.82, 2.24) is 0 Å². The molecule has 2 aliphatic heterocycles. The normalized spacial score (nSPS) is 17.4. The van der Waals surface area contributed by atoms with Crippen LogP contribution in [-0.4, -0.2) is 0 Å². The molecule has 8 rings (SSSR count). The Labute approximate surface area is 243 Å². The van der Waals surface area contributed by atoms with Gasteiger partial charge in [-0.25, -0.2) is 0 Å². The van der Waals surface area contributed by atoms with Crippen LogP contribution >= 0.6 is 10.8 Å². The average molecular weight is 551 g/mol. The van der Waals surface area contributed by atoms with Gasteiger partial charge in [0, 0.05) is 0 Å². The van der Waals surface area contributed by atoms with Crippen molar-refractivity contribution in [3.63, 3.8) is 0 Å². The molecule has 0 saturated heterocycles. The van der Waals surface area contributed by atoms with Crippen molar-refractivity contribution in [2.75, 3.05) is 17.2 Å². The van der Waals surface area contributed by atoms with Gasteiger partial charge in [0.25, 0.3) is 0 Å². The molecule has 0 atom stereocenters. The lowest BCUT2D eigenvalue weighted by Crippen LogP contribution is -2.46. The molecule has 3 aliphatic rings. The molecule has 200 valence electrons. The van der Waals surface area contributed by atoms with Crippen molar-refractivity contribution in [2.45, 2.75) is 12.8 Å². The summed E-state index contributed by atoms with van der Waals surface area (Å²) in [6.07, 6.45) is 9.13. The van der Waals surface area contributed by atoms with Gasteiger partial charge in [-0.3, -0.25) is 17.2 Å². The Balaban J connectivity index is 1.55. The smallest absolute Gasteiger partial charge is 0.102 e. The number of anilines is 7. The van der Waals surface area contributed by atoms with Gasteiger partial charge in [-0.1, -0.05) is 91.0 Å². The van der Waals surface area contributed by atoms with Crippen LogP contribution in [0.2, 0.25) is 0 Å². The van der Waals surface area contributed by atoms with E-state index in [2.05, 4.69) is 175 Å². The molecule has 41 heavy (non-hydrogen) atoms. The Kier molecular flexibility index (Phi) is 5.64. The van der Waals surface area contributed by atoms with Gasteiger partial charge in [0.1, 0.15) is 10.8 Å². The molecular formula is C36H30N4S. The summed E-state index contributed by atoms with van der Waals surface area (Å²) < 4.78 is 10.4. The maximum atomic E-state index is 2.63. The largest absolute Gasteiger partial charge is 0.253 e. The van der Waals surface area contributed by atoms with Crippen molar-refractivity contribution in [1.29, 1.82) is 0 Å². The first-order valence-corrected chi connectivity index (χ1v) is 15.6. The van der Waals surface area contributed by atoms with Crippen LogP contribution in [0.5, 0.6) is 0 Å². The summed E-state index contributed by atoms with van der Waals surface area (Å²) in [5.41, 5.74) is 9.50. The second kappa shape index (κ2) is 9.65. The maximum Gasteiger partial charge on any atom is 0.102 e. The van der Waals surface area contributed by atoms with Crippen LogP contribution in [0.15, 0.2) is 163 Å². The van der Waals surface area contributed by atoms with Crippen molar-refractivity contribution in [3.05, 3.63) is 163 Å². The minimum absolute atomic E-state index is 1.02. The minimum Gasteiger partial charge on any atom is -0.253 e. The molecule has 0 saturated carbocycles. The highest BCUT2D eigenvalue weighted by Crippen LogP contribution is 2.81. The van der Waals surface area contributed by atoms with Gasteiger partial charge in [0.05, 0.1) is 45.5 Å². The third-order valence-electron chi connectivity index (χ3n) is 7.80. The molecule has 0 amide bonds. The van der Waals surface area contributed by atoms with Gasteiger partial charge in [-0.15, -0.1) is 0 Å². The van der Waals surface area contributed by atoms with E-state index in [9.17, 15) is 0 Å². The number of fused-ring (bicyclic) bond motifs is 2. The summed E-state index contributed by atoms with van der Waals surface area (Å²) in [7, 11) is -2.25. The number of hydrogen-bond acceptors (Lipinski definition) is 4. The van der Waals surface area contributed by atoms with Crippen molar-refractivity contribution >= 4 is 50.6 Å². The van der Waals surface area contributed by atoms with Crippen LogP contribution < -0.4 is 17.2 Å². The lowest BCUT2D eigenvalue weighted by atomic mass is 10.1. The Hall–Kier alpha value is -4.87. The van der Waals surface area contributed by atoms with Crippen LogP contribution in [-0.2, 0) is 0 Å². The first kappa shape index (κ1) is 24.0. The van der Waals surface area contributed by atoms with Crippen LogP contribution in [0, 0.1) is 0 Å². The Bertz CT molecular complexity index is 1640. The zero-order valence-corrected chi connectivity index (χ0v) is 23.4. The lowest BCUT2D eigenvalue weighted by molar-refractivity contribution is 1.01. The molecule has 0 unspecified atom stereocenters. The van der Waals surface area contributed by atoms with E-state index in [0.717, 1.165) is 29.9 Å². The van der Waals surface area contributed by atoms with Gasteiger partial charge in [-0.05, 0) is 79.6 Å². The summed E-state index contributed by atoms with van der Waals surface area (Å²) in [5, 5.41) is 0. The third-order valence-corrected chi connectivity index (χ3v) is 11.4. The fourth-order valence-corrected chi connectivity index (χ4v) is 10.5. The van der Waals surface area contributed by atoms with Gasteiger partial charge < -0.3 is 0 Å². The molecule has 0 radical (unpaired) electrons. The van der Waals surface area contributed by atoms with E-state index in [1.54, 1.807) is 0 Å².